The molecule has 2 rings (SSSR count). The summed E-state index contributed by atoms with van der Waals surface area (Å²) >= 11 is 0. The van der Waals surface area contributed by atoms with Crippen LogP contribution in [0.25, 0.3) is 0 Å². The SMILES string of the molecule is N#CCCN1CC(c2cccc(F)c2)NC1=O. The van der Waals surface area contributed by atoms with Crippen LogP contribution in [0.3, 0.4) is 0 Å². The number of carbonyl (C=O) groups excluding carboxylic acids is 1. The quantitative estimate of drug-likeness (QED) is 0.865. The summed E-state index contributed by atoms with van der Waals surface area (Å²) in [6, 6.07) is 7.78. The number of benzene rings is 1. The maximum Gasteiger partial charge on any atom is 0.318 e. The lowest BCUT2D eigenvalue weighted by Gasteiger charge is -2.12. The third-order valence-electron chi connectivity index (χ3n) is 2.73. The number of hydrogen-bond donors (Lipinski definition) is 1. The molecule has 0 radical (unpaired) electrons. The van der Waals surface area contributed by atoms with Gasteiger partial charge in [0.05, 0.1) is 18.5 Å². The van der Waals surface area contributed by atoms with Gasteiger partial charge in [-0.3, -0.25) is 0 Å². The molecule has 1 N–H and O–H groups in total. The molecule has 1 atom stereocenters. The fraction of sp³-hybridized carbons (Fsp3) is 0.333. The van der Waals surface area contributed by atoms with Gasteiger partial charge in [0.1, 0.15) is 5.82 Å². The minimum Gasteiger partial charge on any atom is -0.329 e. The smallest absolute Gasteiger partial charge is 0.318 e. The Balaban J connectivity index is 2.06. The fourth-order valence-corrected chi connectivity index (χ4v) is 1.88. The minimum absolute atomic E-state index is 0.197. The van der Waals surface area contributed by atoms with Gasteiger partial charge in [0.25, 0.3) is 0 Å². The Kier molecular flexibility index (Phi) is 3.24. The summed E-state index contributed by atoms with van der Waals surface area (Å²) in [6.45, 7) is 0.887. The summed E-state index contributed by atoms with van der Waals surface area (Å²) in [5, 5.41) is 11.2. The molecular weight excluding hydrogens is 221 g/mol. The number of nitrogens with one attached hydrogen (secondary N) is 1. The van der Waals surface area contributed by atoms with Crippen molar-refractivity contribution in [2.24, 2.45) is 0 Å². The summed E-state index contributed by atoms with van der Waals surface area (Å²) in [7, 11) is 0. The number of rotatable bonds is 3. The van der Waals surface area contributed by atoms with Gasteiger partial charge in [0.15, 0.2) is 0 Å². The van der Waals surface area contributed by atoms with Gasteiger partial charge in [0, 0.05) is 13.1 Å². The summed E-state index contributed by atoms with van der Waals surface area (Å²) in [5.74, 6) is -0.313. The second-order valence-corrected chi connectivity index (χ2v) is 3.91. The first-order valence-corrected chi connectivity index (χ1v) is 5.38. The van der Waals surface area contributed by atoms with Crippen molar-refractivity contribution in [3.05, 3.63) is 35.6 Å². The molecule has 5 heteroatoms. The molecule has 17 heavy (non-hydrogen) atoms. The van der Waals surface area contributed by atoms with Crippen LogP contribution in [-0.4, -0.2) is 24.0 Å². The van der Waals surface area contributed by atoms with Crippen molar-refractivity contribution in [2.45, 2.75) is 12.5 Å². The van der Waals surface area contributed by atoms with Crippen LogP contribution < -0.4 is 5.32 Å². The predicted octanol–water partition coefficient (Wildman–Crippen LogP) is 1.81. The van der Waals surface area contributed by atoms with E-state index in [4.69, 9.17) is 5.26 Å². The zero-order valence-corrected chi connectivity index (χ0v) is 9.19. The van der Waals surface area contributed by atoms with Gasteiger partial charge in [-0.2, -0.15) is 5.26 Å². The topological polar surface area (TPSA) is 56.1 Å². The molecule has 1 aliphatic rings. The zero-order chi connectivity index (χ0) is 12.3. The number of nitrogens with zero attached hydrogens (tertiary/aromatic N) is 2. The number of carbonyl (C=O) groups is 1. The van der Waals surface area contributed by atoms with Crippen LogP contribution in [0.1, 0.15) is 18.0 Å². The van der Waals surface area contributed by atoms with E-state index in [1.54, 1.807) is 17.0 Å². The van der Waals surface area contributed by atoms with Crippen molar-refractivity contribution >= 4 is 6.03 Å². The average Bonchev–Trinajstić information content (AvgIpc) is 2.68. The molecule has 88 valence electrons. The highest BCUT2D eigenvalue weighted by molar-refractivity contribution is 5.77. The normalized spacial score (nSPS) is 18.9. The van der Waals surface area contributed by atoms with Crippen molar-refractivity contribution in [1.29, 1.82) is 5.26 Å². The van der Waals surface area contributed by atoms with E-state index in [-0.39, 0.29) is 17.9 Å². The number of amides is 2. The largest absolute Gasteiger partial charge is 0.329 e. The monoisotopic (exact) mass is 233 g/mol. The van der Waals surface area contributed by atoms with Gasteiger partial charge >= 0.3 is 6.03 Å². The van der Waals surface area contributed by atoms with Crippen LogP contribution in [-0.2, 0) is 0 Å². The highest BCUT2D eigenvalue weighted by Gasteiger charge is 2.29. The third-order valence-corrected chi connectivity index (χ3v) is 2.73. The molecule has 0 bridgehead atoms. The van der Waals surface area contributed by atoms with E-state index in [0.717, 1.165) is 5.56 Å². The van der Waals surface area contributed by atoms with Gasteiger partial charge < -0.3 is 10.2 Å². The van der Waals surface area contributed by atoms with E-state index in [1.807, 2.05) is 6.07 Å². The van der Waals surface area contributed by atoms with E-state index < -0.39 is 0 Å². The van der Waals surface area contributed by atoms with Gasteiger partial charge in [-0.15, -0.1) is 0 Å². The molecular formula is C12H12FN3O. The number of nitriles is 1. The van der Waals surface area contributed by atoms with E-state index in [1.165, 1.54) is 12.1 Å². The highest BCUT2D eigenvalue weighted by Crippen LogP contribution is 2.20. The average molecular weight is 233 g/mol. The molecule has 0 saturated carbocycles. The molecule has 1 aliphatic heterocycles. The van der Waals surface area contributed by atoms with E-state index >= 15 is 0 Å². The van der Waals surface area contributed by atoms with Crippen molar-refractivity contribution in [1.82, 2.24) is 10.2 Å². The van der Waals surface area contributed by atoms with Crippen LogP contribution in [0.2, 0.25) is 0 Å². The number of urea groups is 1. The standard InChI is InChI=1S/C12H12FN3O/c13-10-4-1-3-9(7-10)11-8-16(6-2-5-14)12(17)15-11/h1,3-4,7,11H,2,6,8H2,(H,15,17). The highest BCUT2D eigenvalue weighted by atomic mass is 19.1. The van der Waals surface area contributed by atoms with E-state index in [2.05, 4.69) is 5.32 Å². The first-order valence-electron chi connectivity index (χ1n) is 5.38. The van der Waals surface area contributed by atoms with E-state index in [9.17, 15) is 9.18 Å². The molecule has 0 aromatic heterocycles. The summed E-state index contributed by atoms with van der Waals surface area (Å²) in [5.41, 5.74) is 0.748. The van der Waals surface area contributed by atoms with Gasteiger partial charge in [-0.05, 0) is 17.7 Å². The first-order chi connectivity index (χ1) is 8.20. The molecule has 0 spiro atoms. The Hall–Kier alpha value is -2.09. The molecule has 1 unspecified atom stereocenters. The lowest BCUT2D eigenvalue weighted by atomic mass is 10.1. The zero-order valence-electron chi connectivity index (χ0n) is 9.19. The summed E-state index contributed by atoms with van der Waals surface area (Å²) in [6.07, 6.45) is 0.309. The minimum atomic E-state index is -0.313. The predicted molar refractivity (Wildman–Crippen MR) is 59.5 cm³/mol. The molecule has 0 aliphatic carbocycles. The maximum atomic E-state index is 13.0. The molecule has 4 nitrogen and oxygen atoms in total. The molecule has 2 amide bonds. The van der Waals surface area contributed by atoms with Crippen molar-refractivity contribution in [3.8, 4) is 6.07 Å². The third kappa shape index (κ3) is 2.53. The Labute approximate surface area is 98.6 Å². The lowest BCUT2D eigenvalue weighted by molar-refractivity contribution is 0.218. The lowest BCUT2D eigenvalue weighted by Crippen LogP contribution is -2.28. The summed E-state index contributed by atoms with van der Waals surface area (Å²) < 4.78 is 13.0. The van der Waals surface area contributed by atoms with Gasteiger partial charge in [-0.25, -0.2) is 9.18 Å². The molecule has 1 heterocycles. The Morgan fingerprint density at radius 2 is 2.41 bits per heavy atom. The van der Waals surface area contributed by atoms with Crippen molar-refractivity contribution in [3.63, 3.8) is 0 Å². The Morgan fingerprint density at radius 1 is 1.59 bits per heavy atom. The van der Waals surface area contributed by atoms with Crippen LogP contribution in [0.4, 0.5) is 9.18 Å². The Morgan fingerprint density at radius 3 is 3.12 bits per heavy atom. The first kappa shape index (κ1) is 11.4. The second kappa shape index (κ2) is 4.83. The van der Waals surface area contributed by atoms with Crippen LogP contribution >= 0.6 is 0 Å². The number of hydrogen-bond acceptors (Lipinski definition) is 2. The fourth-order valence-electron chi connectivity index (χ4n) is 1.88. The molecule has 1 aromatic carbocycles. The van der Waals surface area contributed by atoms with Crippen molar-refractivity contribution in [2.75, 3.05) is 13.1 Å². The van der Waals surface area contributed by atoms with Crippen LogP contribution in [0.15, 0.2) is 24.3 Å². The maximum absolute atomic E-state index is 13.0. The van der Waals surface area contributed by atoms with Gasteiger partial charge in [0.2, 0.25) is 0 Å². The Bertz CT molecular complexity index is 469. The molecule has 1 saturated heterocycles. The number of halogens is 1. The van der Waals surface area contributed by atoms with Crippen molar-refractivity contribution < 1.29 is 9.18 Å². The molecule has 1 fully saturated rings. The second-order valence-electron chi connectivity index (χ2n) is 3.91. The molecule has 1 aromatic rings. The summed E-state index contributed by atoms with van der Waals surface area (Å²) in [4.78, 5) is 13.1. The van der Waals surface area contributed by atoms with E-state index in [0.29, 0.717) is 19.5 Å². The van der Waals surface area contributed by atoms with Crippen LogP contribution in [0.5, 0.6) is 0 Å². The van der Waals surface area contributed by atoms with Crippen LogP contribution in [0, 0.1) is 17.1 Å². The van der Waals surface area contributed by atoms with Gasteiger partial charge in [-0.1, -0.05) is 12.1 Å².